The standard InChI is InChI=1S/C21H20ClFN4O4.ClH/c1-27-9-11(6-16(27)21(28)29)31-18-7-12-15(8-17(18)30-2)24-10-25-20(12)26-14-5-3-4-13(22)19(14)23;/h3-5,7-8,10-11,16H,6,9H2,1-2H3,(H,28,29)(H,24,25,26);1H/t11-,16-;/m0./s1. The fourth-order valence-corrected chi connectivity index (χ4v) is 3.82. The second-order valence-corrected chi connectivity index (χ2v) is 7.65. The number of likely N-dealkylation sites (tertiary alicyclic amines) is 1. The van der Waals surface area contributed by atoms with E-state index in [9.17, 15) is 14.3 Å². The minimum atomic E-state index is -0.887. The van der Waals surface area contributed by atoms with Gasteiger partial charge in [0.1, 0.15) is 24.3 Å². The van der Waals surface area contributed by atoms with E-state index >= 15 is 0 Å². The second-order valence-electron chi connectivity index (χ2n) is 7.24. The highest BCUT2D eigenvalue weighted by molar-refractivity contribution is 6.31. The fraction of sp³-hybridized carbons (Fsp3) is 0.286. The average Bonchev–Trinajstić information content (AvgIpc) is 3.11. The predicted molar refractivity (Wildman–Crippen MR) is 121 cm³/mol. The first-order valence-corrected chi connectivity index (χ1v) is 9.88. The molecule has 0 bridgehead atoms. The molecule has 2 N–H and O–H groups in total. The van der Waals surface area contributed by atoms with Crippen LogP contribution >= 0.6 is 24.0 Å². The van der Waals surface area contributed by atoms with Crippen LogP contribution in [0.15, 0.2) is 36.7 Å². The Morgan fingerprint density at radius 2 is 2.09 bits per heavy atom. The number of rotatable bonds is 6. The summed E-state index contributed by atoms with van der Waals surface area (Å²) >= 11 is 5.87. The van der Waals surface area contributed by atoms with Crippen LogP contribution in [0.25, 0.3) is 10.9 Å². The van der Waals surface area contributed by atoms with Crippen LogP contribution in [0.1, 0.15) is 6.42 Å². The van der Waals surface area contributed by atoms with E-state index in [1.165, 1.54) is 19.5 Å². The Labute approximate surface area is 194 Å². The van der Waals surface area contributed by atoms with E-state index < -0.39 is 17.8 Å². The molecule has 8 nitrogen and oxygen atoms in total. The number of fused-ring (bicyclic) bond motifs is 1. The van der Waals surface area contributed by atoms with E-state index in [4.69, 9.17) is 21.1 Å². The molecule has 1 aliphatic rings. The molecule has 3 aromatic rings. The number of aliphatic carboxylic acids is 1. The van der Waals surface area contributed by atoms with Crippen molar-refractivity contribution in [2.75, 3.05) is 26.0 Å². The Morgan fingerprint density at radius 1 is 1.31 bits per heavy atom. The molecular weight excluding hydrogens is 462 g/mol. The molecule has 2 atom stereocenters. The summed E-state index contributed by atoms with van der Waals surface area (Å²) in [6, 6.07) is 7.43. The highest BCUT2D eigenvalue weighted by atomic mass is 35.5. The van der Waals surface area contributed by atoms with Gasteiger partial charge in [-0.15, -0.1) is 12.4 Å². The first-order valence-electron chi connectivity index (χ1n) is 9.51. The fourth-order valence-electron chi connectivity index (χ4n) is 3.65. The van der Waals surface area contributed by atoms with Gasteiger partial charge in [-0.25, -0.2) is 14.4 Å². The van der Waals surface area contributed by atoms with E-state index in [1.54, 1.807) is 36.2 Å². The second kappa shape index (κ2) is 9.72. The third-order valence-corrected chi connectivity index (χ3v) is 5.51. The minimum Gasteiger partial charge on any atom is -0.493 e. The summed E-state index contributed by atoms with van der Waals surface area (Å²) in [7, 11) is 3.26. The Morgan fingerprint density at radius 3 is 2.78 bits per heavy atom. The van der Waals surface area contributed by atoms with Gasteiger partial charge < -0.3 is 19.9 Å². The zero-order valence-corrected chi connectivity index (χ0v) is 18.8. The number of hydrogen-bond acceptors (Lipinski definition) is 7. The van der Waals surface area contributed by atoms with Gasteiger partial charge in [0.2, 0.25) is 0 Å². The van der Waals surface area contributed by atoms with Gasteiger partial charge in [-0.2, -0.15) is 0 Å². The number of nitrogens with one attached hydrogen (secondary N) is 1. The summed E-state index contributed by atoms with van der Waals surface area (Å²) in [6.45, 7) is 0.461. The van der Waals surface area contributed by atoms with Crippen molar-refractivity contribution in [1.82, 2.24) is 14.9 Å². The smallest absolute Gasteiger partial charge is 0.321 e. The van der Waals surface area contributed by atoms with Crippen molar-refractivity contribution in [3.63, 3.8) is 0 Å². The van der Waals surface area contributed by atoms with Crippen molar-refractivity contribution in [3.8, 4) is 11.5 Å². The Bertz CT molecular complexity index is 1150. The molecule has 1 aromatic heterocycles. The number of hydrogen-bond donors (Lipinski definition) is 2. The lowest BCUT2D eigenvalue weighted by Crippen LogP contribution is -2.32. The summed E-state index contributed by atoms with van der Waals surface area (Å²) in [5.41, 5.74) is 0.739. The van der Waals surface area contributed by atoms with E-state index in [2.05, 4.69) is 15.3 Å². The Kier molecular flexibility index (Phi) is 7.22. The molecule has 170 valence electrons. The number of benzene rings is 2. The summed E-state index contributed by atoms with van der Waals surface area (Å²) in [4.78, 5) is 21.6. The zero-order chi connectivity index (χ0) is 22.1. The molecular formula is C21H21Cl2FN4O4. The van der Waals surface area contributed by atoms with Crippen molar-refractivity contribution in [2.45, 2.75) is 18.6 Å². The first-order chi connectivity index (χ1) is 14.9. The number of nitrogens with zero attached hydrogens (tertiary/aromatic N) is 3. The van der Waals surface area contributed by atoms with Gasteiger partial charge in [0.05, 0.1) is 23.3 Å². The number of carboxylic acid groups (broad SMARTS) is 1. The average molecular weight is 483 g/mol. The van der Waals surface area contributed by atoms with Crippen LogP contribution in [0.5, 0.6) is 11.5 Å². The van der Waals surface area contributed by atoms with Gasteiger partial charge in [0, 0.05) is 24.4 Å². The molecule has 1 fully saturated rings. The third-order valence-electron chi connectivity index (χ3n) is 5.21. The van der Waals surface area contributed by atoms with Crippen molar-refractivity contribution < 1.29 is 23.8 Å². The molecule has 2 heterocycles. The van der Waals surface area contributed by atoms with Gasteiger partial charge in [0.25, 0.3) is 0 Å². The van der Waals surface area contributed by atoms with Crippen molar-refractivity contribution in [3.05, 3.63) is 47.5 Å². The van der Waals surface area contributed by atoms with Crippen LogP contribution < -0.4 is 14.8 Å². The van der Waals surface area contributed by atoms with Crippen molar-refractivity contribution in [1.29, 1.82) is 0 Å². The van der Waals surface area contributed by atoms with E-state index in [0.717, 1.165) is 0 Å². The maximum absolute atomic E-state index is 14.4. The monoisotopic (exact) mass is 482 g/mol. The zero-order valence-electron chi connectivity index (χ0n) is 17.2. The topological polar surface area (TPSA) is 96.8 Å². The van der Waals surface area contributed by atoms with Gasteiger partial charge in [0.15, 0.2) is 17.3 Å². The molecule has 1 saturated heterocycles. The number of aromatic nitrogens is 2. The maximum Gasteiger partial charge on any atom is 0.321 e. The van der Waals surface area contributed by atoms with E-state index in [-0.39, 0.29) is 29.2 Å². The maximum atomic E-state index is 14.4. The molecule has 0 amide bonds. The predicted octanol–water partition coefficient (Wildman–Crippen LogP) is 4.13. The minimum absolute atomic E-state index is 0. The molecule has 1 aliphatic heterocycles. The number of methoxy groups -OCH3 is 1. The number of ether oxygens (including phenoxy) is 2. The number of likely N-dealkylation sites (N-methyl/N-ethyl adjacent to an activating group) is 1. The first kappa shape index (κ1) is 23.8. The molecule has 32 heavy (non-hydrogen) atoms. The lowest BCUT2D eigenvalue weighted by Gasteiger charge is -2.17. The van der Waals surface area contributed by atoms with Crippen LogP contribution in [0.3, 0.4) is 0 Å². The molecule has 0 aliphatic carbocycles. The molecule has 0 radical (unpaired) electrons. The highest BCUT2D eigenvalue weighted by Crippen LogP contribution is 2.37. The SMILES string of the molecule is COc1cc2ncnc(Nc3cccc(Cl)c3F)c2cc1O[C@H]1C[C@@H](C(=O)O)N(C)C1.Cl. The van der Waals surface area contributed by atoms with Crippen LogP contribution in [0.2, 0.25) is 5.02 Å². The highest BCUT2D eigenvalue weighted by Gasteiger charge is 2.36. The van der Waals surface area contributed by atoms with Crippen LogP contribution in [0, 0.1) is 5.82 Å². The summed E-state index contributed by atoms with van der Waals surface area (Å²) in [5.74, 6) is -0.237. The van der Waals surface area contributed by atoms with Crippen molar-refractivity contribution >= 4 is 52.4 Å². The molecule has 11 heteroatoms. The van der Waals surface area contributed by atoms with Gasteiger partial charge in [-0.3, -0.25) is 9.69 Å². The molecule has 0 spiro atoms. The van der Waals surface area contributed by atoms with Crippen LogP contribution in [-0.2, 0) is 4.79 Å². The van der Waals surface area contributed by atoms with Gasteiger partial charge in [-0.1, -0.05) is 17.7 Å². The number of halogens is 3. The normalized spacial score (nSPS) is 18.2. The molecule has 0 saturated carbocycles. The van der Waals surface area contributed by atoms with Crippen LogP contribution in [-0.4, -0.2) is 58.8 Å². The van der Waals surface area contributed by atoms with Crippen molar-refractivity contribution in [2.24, 2.45) is 0 Å². The summed E-state index contributed by atoms with van der Waals surface area (Å²) < 4.78 is 25.9. The van der Waals surface area contributed by atoms with Crippen LogP contribution in [0.4, 0.5) is 15.9 Å². The molecule has 4 rings (SSSR count). The lowest BCUT2D eigenvalue weighted by molar-refractivity contribution is -0.141. The van der Waals surface area contributed by atoms with E-state index in [1.807, 2.05) is 0 Å². The molecule has 2 aromatic carbocycles. The Balaban J connectivity index is 0.00000289. The number of carboxylic acids is 1. The number of anilines is 2. The summed E-state index contributed by atoms with van der Waals surface area (Å²) in [6.07, 6.45) is 1.37. The third kappa shape index (κ3) is 4.64. The Hall–Kier alpha value is -2.88. The summed E-state index contributed by atoms with van der Waals surface area (Å²) in [5, 5.41) is 12.9. The van der Waals surface area contributed by atoms with Gasteiger partial charge in [-0.05, 0) is 25.2 Å². The van der Waals surface area contributed by atoms with E-state index in [0.29, 0.717) is 41.2 Å². The molecule has 0 unspecified atom stereocenters. The van der Waals surface area contributed by atoms with Gasteiger partial charge >= 0.3 is 5.97 Å². The number of carbonyl (C=O) groups is 1. The largest absolute Gasteiger partial charge is 0.493 e. The lowest BCUT2D eigenvalue weighted by atomic mass is 10.1. The quantitative estimate of drug-likeness (QED) is 0.541.